The van der Waals surface area contributed by atoms with Gasteiger partial charge in [-0.1, -0.05) is 13.3 Å². The van der Waals surface area contributed by atoms with Crippen LogP contribution in [0.3, 0.4) is 0 Å². The van der Waals surface area contributed by atoms with Crippen molar-refractivity contribution in [1.29, 1.82) is 0 Å². The summed E-state index contributed by atoms with van der Waals surface area (Å²) in [5.74, 6) is 0.655. The minimum atomic E-state index is -0.762. The number of imidazole rings is 1. The molecule has 3 fully saturated rings. The van der Waals surface area contributed by atoms with Crippen LogP contribution < -0.4 is 16.6 Å². The SMILES string of the molecule is CCCCn1c(=O)[nH]c(=O)c2c1nc(CN1C(=O)NC(C3CC3)(C3CC3)C1=O)n2C. The maximum absolute atomic E-state index is 13.3. The Labute approximate surface area is 172 Å². The molecule has 160 valence electrons. The molecule has 10 heteroatoms. The zero-order chi connectivity index (χ0) is 21.2. The molecule has 0 spiro atoms. The molecule has 10 nitrogen and oxygen atoms in total. The van der Waals surface area contributed by atoms with Gasteiger partial charge in [0.1, 0.15) is 11.4 Å². The van der Waals surface area contributed by atoms with E-state index in [4.69, 9.17) is 0 Å². The van der Waals surface area contributed by atoms with E-state index in [1.54, 1.807) is 11.6 Å². The van der Waals surface area contributed by atoms with Crippen molar-refractivity contribution in [1.82, 2.24) is 29.3 Å². The van der Waals surface area contributed by atoms with Gasteiger partial charge in [-0.2, -0.15) is 0 Å². The standard InChI is InChI=1S/C20H26N6O4/c1-3-4-9-25-15-14(16(27)22-18(25)29)24(2)13(21-15)10-26-17(28)20(11-5-6-11,12-7-8-12)23-19(26)30/h11-12H,3-10H2,1-2H3,(H,23,30)(H,22,27,29). The number of nitrogens with zero attached hydrogens (tertiary/aromatic N) is 4. The van der Waals surface area contributed by atoms with Crippen molar-refractivity contribution in [3.63, 3.8) is 0 Å². The van der Waals surface area contributed by atoms with Crippen LogP contribution in [-0.4, -0.2) is 41.5 Å². The highest BCUT2D eigenvalue weighted by Crippen LogP contribution is 2.54. The molecule has 3 heterocycles. The summed E-state index contributed by atoms with van der Waals surface area (Å²) in [6.07, 6.45) is 5.50. The van der Waals surface area contributed by atoms with Gasteiger partial charge < -0.3 is 9.88 Å². The monoisotopic (exact) mass is 414 g/mol. The van der Waals surface area contributed by atoms with Crippen molar-refractivity contribution in [2.75, 3.05) is 0 Å². The zero-order valence-corrected chi connectivity index (χ0v) is 17.2. The molecular formula is C20H26N6O4. The molecule has 2 aliphatic carbocycles. The Hall–Kier alpha value is -2.91. The molecule has 0 bridgehead atoms. The third-order valence-corrected chi connectivity index (χ3v) is 6.74. The number of urea groups is 1. The lowest BCUT2D eigenvalue weighted by atomic mass is 9.87. The summed E-state index contributed by atoms with van der Waals surface area (Å²) in [4.78, 5) is 58.9. The van der Waals surface area contributed by atoms with Gasteiger partial charge in [0.05, 0.1) is 6.54 Å². The smallest absolute Gasteiger partial charge is 0.324 e. The Kier molecular flexibility index (Phi) is 4.16. The van der Waals surface area contributed by atoms with Gasteiger partial charge in [0.25, 0.3) is 11.5 Å². The fourth-order valence-electron chi connectivity index (χ4n) is 4.82. The van der Waals surface area contributed by atoms with Crippen molar-refractivity contribution >= 4 is 23.1 Å². The van der Waals surface area contributed by atoms with Crippen LogP contribution in [0.2, 0.25) is 0 Å². The number of unbranched alkanes of at least 4 members (excludes halogenated alkanes) is 1. The number of nitrogens with one attached hydrogen (secondary N) is 2. The van der Waals surface area contributed by atoms with Gasteiger partial charge in [0.2, 0.25) is 0 Å². The third kappa shape index (κ3) is 2.65. The van der Waals surface area contributed by atoms with Gasteiger partial charge in [-0.15, -0.1) is 0 Å². The molecule has 0 radical (unpaired) electrons. The van der Waals surface area contributed by atoms with Crippen LogP contribution in [0, 0.1) is 11.8 Å². The molecule has 2 aromatic heterocycles. The van der Waals surface area contributed by atoms with Crippen LogP contribution in [0.25, 0.3) is 11.2 Å². The van der Waals surface area contributed by atoms with Crippen molar-refractivity contribution < 1.29 is 9.59 Å². The van der Waals surface area contributed by atoms with Gasteiger partial charge in [0.15, 0.2) is 11.2 Å². The third-order valence-electron chi connectivity index (χ3n) is 6.74. The van der Waals surface area contributed by atoms with E-state index in [-0.39, 0.29) is 35.5 Å². The average molecular weight is 414 g/mol. The summed E-state index contributed by atoms with van der Waals surface area (Å²) >= 11 is 0. The normalized spacial score (nSPS) is 20.9. The van der Waals surface area contributed by atoms with E-state index in [1.165, 1.54) is 9.47 Å². The molecule has 3 aliphatic rings. The number of rotatable bonds is 7. The van der Waals surface area contributed by atoms with Crippen LogP contribution >= 0.6 is 0 Å². The van der Waals surface area contributed by atoms with Crippen molar-refractivity contribution in [2.24, 2.45) is 18.9 Å². The number of imide groups is 1. The summed E-state index contributed by atoms with van der Waals surface area (Å²) in [5, 5.41) is 3.00. The van der Waals surface area contributed by atoms with Crippen molar-refractivity contribution in [3.8, 4) is 0 Å². The lowest BCUT2D eigenvalue weighted by molar-refractivity contribution is -0.133. The second-order valence-electron chi connectivity index (χ2n) is 8.76. The number of amides is 3. The summed E-state index contributed by atoms with van der Waals surface area (Å²) in [7, 11) is 1.67. The van der Waals surface area contributed by atoms with E-state index in [9.17, 15) is 19.2 Å². The van der Waals surface area contributed by atoms with E-state index >= 15 is 0 Å². The van der Waals surface area contributed by atoms with Crippen LogP contribution in [0.1, 0.15) is 51.3 Å². The van der Waals surface area contributed by atoms with Crippen molar-refractivity contribution in [3.05, 3.63) is 26.7 Å². The number of carbonyl (C=O) groups excluding carboxylic acids is 2. The minimum Gasteiger partial charge on any atom is -0.324 e. The zero-order valence-electron chi connectivity index (χ0n) is 17.2. The lowest BCUT2D eigenvalue weighted by Gasteiger charge is -2.26. The molecule has 2 saturated carbocycles. The highest BCUT2D eigenvalue weighted by molar-refractivity contribution is 6.07. The van der Waals surface area contributed by atoms with Crippen LogP contribution in [-0.2, 0) is 24.9 Å². The van der Waals surface area contributed by atoms with Crippen LogP contribution in [0.5, 0.6) is 0 Å². The van der Waals surface area contributed by atoms with E-state index in [2.05, 4.69) is 15.3 Å². The van der Waals surface area contributed by atoms with Crippen LogP contribution in [0.15, 0.2) is 9.59 Å². The molecule has 2 N–H and O–H groups in total. The summed E-state index contributed by atoms with van der Waals surface area (Å²) < 4.78 is 3.03. The fraction of sp³-hybridized carbons (Fsp3) is 0.650. The molecule has 3 amide bonds. The number of H-pyrrole nitrogens is 1. The number of aromatic nitrogens is 4. The van der Waals surface area contributed by atoms with E-state index < -0.39 is 22.8 Å². The molecule has 2 aromatic rings. The first-order valence-corrected chi connectivity index (χ1v) is 10.7. The number of fused-ring (bicyclic) bond motifs is 1. The molecule has 1 saturated heterocycles. The second kappa shape index (κ2) is 6.55. The average Bonchev–Trinajstić information content (AvgIpc) is 3.61. The molecule has 5 rings (SSSR count). The number of carbonyl (C=O) groups is 2. The Balaban J connectivity index is 1.53. The second-order valence-corrected chi connectivity index (χ2v) is 8.76. The molecule has 0 unspecified atom stereocenters. The van der Waals surface area contributed by atoms with Gasteiger partial charge in [-0.25, -0.2) is 14.6 Å². The number of hydrogen-bond donors (Lipinski definition) is 2. The fourth-order valence-corrected chi connectivity index (χ4v) is 4.82. The minimum absolute atomic E-state index is 0.0293. The molecule has 1 aliphatic heterocycles. The Morgan fingerprint density at radius 1 is 1.10 bits per heavy atom. The quantitative estimate of drug-likeness (QED) is 0.650. The van der Waals surface area contributed by atoms with Gasteiger partial charge in [-0.3, -0.25) is 24.0 Å². The summed E-state index contributed by atoms with van der Waals surface area (Å²) in [6, 6.07) is -0.400. The first kappa shape index (κ1) is 19.1. The van der Waals surface area contributed by atoms with Gasteiger partial charge in [0, 0.05) is 13.6 Å². The highest BCUT2D eigenvalue weighted by atomic mass is 16.2. The molecule has 0 atom stereocenters. The molecule has 30 heavy (non-hydrogen) atoms. The van der Waals surface area contributed by atoms with E-state index in [0.29, 0.717) is 12.4 Å². The maximum atomic E-state index is 13.3. The van der Waals surface area contributed by atoms with Gasteiger partial charge in [-0.05, 0) is 43.9 Å². The number of aryl methyl sites for hydroxylation is 2. The predicted octanol–water partition coefficient (Wildman–Crippen LogP) is 0.834. The highest BCUT2D eigenvalue weighted by Gasteiger charge is 2.65. The van der Waals surface area contributed by atoms with E-state index in [0.717, 1.165) is 38.5 Å². The Morgan fingerprint density at radius 2 is 1.77 bits per heavy atom. The number of hydrogen-bond acceptors (Lipinski definition) is 5. The Morgan fingerprint density at radius 3 is 2.37 bits per heavy atom. The molecular weight excluding hydrogens is 388 g/mol. The van der Waals surface area contributed by atoms with Crippen molar-refractivity contribution in [2.45, 2.75) is 64.1 Å². The first-order chi connectivity index (χ1) is 14.4. The molecule has 0 aromatic carbocycles. The van der Waals surface area contributed by atoms with Gasteiger partial charge >= 0.3 is 11.7 Å². The Bertz CT molecular complexity index is 1150. The maximum Gasteiger partial charge on any atom is 0.330 e. The largest absolute Gasteiger partial charge is 0.330 e. The lowest BCUT2D eigenvalue weighted by Crippen LogP contribution is -2.51. The predicted molar refractivity (Wildman–Crippen MR) is 108 cm³/mol. The van der Waals surface area contributed by atoms with Crippen LogP contribution in [0.4, 0.5) is 4.79 Å². The number of aromatic amines is 1. The first-order valence-electron chi connectivity index (χ1n) is 10.7. The van der Waals surface area contributed by atoms with E-state index in [1.807, 2.05) is 6.92 Å². The topological polar surface area (TPSA) is 122 Å². The summed E-state index contributed by atoms with van der Waals surface area (Å²) in [6.45, 7) is 2.43. The summed E-state index contributed by atoms with van der Waals surface area (Å²) in [5.41, 5.74) is -1.23.